The molecular formula is C13H20O2. The van der Waals surface area contributed by atoms with Crippen molar-refractivity contribution in [1.29, 1.82) is 0 Å². The number of aliphatic hydroxyl groups is 1. The van der Waals surface area contributed by atoms with Gasteiger partial charge >= 0.3 is 0 Å². The van der Waals surface area contributed by atoms with E-state index in [2.05, 4.69) is 32.9 Å². The molecular weight excluding hydrogens is 188 g/mol. The molecule has 1 rings (SSSR count). The molecule has 0 aliphatic heterocycles. The van der Waals surface area contributed by atoms with Gasteiger partial charge in [0.25, 0.3) is 0 Å². The van der Waals surface area contributed by atoms with Crippen molar-refractivity contribution in [2.45, 2.75) is 33.6 Å². The van der Waals surface area contributed by atoms with Gasteiger partial charge in [-0.2, -0.15) is 0 Å². The standard InChI is InChI=1S/C13H20O2/c1-4-12-8-10(2)13(11(3)9-12)15-7-5-6-14/h8-9,14H,4-7H2,1-3H3. The number of aliphatic hydroxyl groups excluding tert-OH is 1. The Bertz CT molecular complexity index is 295. The van der Waals surface area contributed by atoms with E-state index in [4.69, 9.17) is 9.84 Å². The first kappa shape index (κ1) is 12.1. The molecule has 0 bridgehead atoms. The molecule has 0 saturated heterocycles. The Morgan fingerprint density at radius 2 is 1.80 bits per heavy atom. The fraction of sp³-hybridized carbons (Fsp3) is 0.538. The van der Waals surface area contributed by atoms with Gasteiger partial charge in [-0.25, -0.2) is 0 Å². The van der Waals surface area contributed by atoms with Gasteiger partial charge in [-0.05, 0) is 37.0 Å². The largest absolute Gasteiger partial charge is 0.493 e. The van der Waals surface area contributed by atoms with Crippen molar-refractivity contribution in [2.24, 2.45) is 0 Å². The van der Waals surface area contributed by atoms with Crippen LogP contribution in [-0.2, 0) is 6.42 Å². The van der Waals surface area contributed by atoms with Crippen LogP contribution in [0.5, 0.6) is 5.75 Å². The van der Waals surface area contributed by atoms with Crippen molar-refractivity contribution >= 4 is 0 Å². The predicted molar refractivity (Wildman–Crippen MR) is 62.5 cm³/mol. The van der Waals surface area contributed by atoms with Crippen LogP contribution >= 0.6 is 0 Å². The molecule has 0 aromatic heterocycles. The highest BCUT2D eigenvalue weighted by Gasteiger charge is 2.05. The lowest BCUT2D eigenvalue weighted by Crippen LogP contribution is -2.03. The summed E-state index contributed by atoms with van der Waals surface area (Å²) in [6.45, 7) is 7.07. The van der Waals surface area contributed by atoms with Gasteiger partial charge in [0, 0.05) is 13.0 Å². The third kappa shape index (κ3) is 3.24. The maximum Gasteiger partial charge on any atom is 0.125 e. The summed E-state index contributed by atoms with van der Waals surface area (Å²) in [6, 6.07) is 4.34. The lowest BCUT2D eigenvalue weighted by molar-refractivity contribution is 0.232. The fourth-order valence-electron chi connectivity index (χ4n) is 1.71. The Morgan fingerprint density at radius 3 is 2.27 bits per heavy atom. The molecule has 1 aromatic rings. The Kier molecular flexibility index (Phi) is 4.63. The molecule has 2 heteroatoms. The Morgan fingerprint density at radius 1 is 1.20 bits per heavy atom. The zero-order chi connectivity index (χ0) is 11.3. The summed E-state index contributed by atoms with van der Waals surface area (Å²) >= 11 is 0. The SMILES string of the molecule is CCc1cc(C)c(OCCCO)c(C)c1. The van der Waals surface area contributed by atoms with Crippen LogP contribution in [0.1, 0.15) is 30.0 Å². The number of hydrogen-bond donors (Lipinski definition) is 1. The quantitative estimate of drug-likeness (QED) is 0.754. The van der Waals surface area contributed by atoms with E-state index in [9.17, 15) is 0 Å². The third-order valence-corrected chi connectivity index (χ3v) is 2.48. The van der Waals surface area contributed by atoms with Crippen LogP contribution in [0.2, 0.25) is 0 Å². The van der Waals surface area contributed by atoms with Gasteiger partial charge in [-0.15, -0.1) is 0 Å². The van der Waals surface area contributed by atoms with E-state index in [1.165, 1.54) is 16.7 Å². The lowest BCUT2D eigenvalue weighted by atomic mass is 10.0. The minimum atomic E-state index is 0.186. The number of ether oxygens (including phenoxy) is 1. The minimum absolute atomic E-state index is 0.186. The second-order valence-corrected chi connectivity index (χ2v) is 3.84. The molecule has 1 N–H and O–H groups in total. The molecule has 0 aliphatic carbocycles. The van der Waals surface area contributed by atoms with Crippen LogP contribution in [0.15, 0.2) is 12.1 Å². The highest BCUT2D eigenvalue weighted by atomic mass is 16.5. The monoisotopic (exact) mass is 208 g/mol. The zero-order valence-corrected chi connectivity index (χ0v) is 9.84. The van der Waals surface area contributed by atoms with Crippen molar-refractivity contribution in [1.82, 2.24) is 0 Å². The van der Waals surface area contributed by atoms with E-state index in [1.807, 2.05) is 0 Å². The maximum absolute atomic E-state index is 8.69. The number of benzene rings is 1. The van der Waals surface area contributed by atoms with Crippen molar-refractivity contribution < 1.29 is 9.84 Å². The van der Waals surface area contributed by atoms with Gasteiger partial charge in [-0.1, -0.05) is 19.1 Å². The average molecular weight is 208 g/mol. The van der Waals surface area contributed by atoms with Crippen LogP contribution in [0.25, 0.3) is 0 Å². The molecule has 0 heterocycles. The summed E-state index contributed by atoms with van der Waals surface area (Å²) in [5.74, 6) is 0.973. The lowest BCUT2D eigenvalue weighted by Gasteiger charge is -2.13. The van der Waals surface area contributed by atoms with E-state index < -0.39 is 0 Å². The highest BCUT2D eigenvalue weighted by molar-refractivity contribution is 5.43. The highest BCUT2D eigenvalue weighted by Crippen LogP contribution is 2.25. The number of hydrogen-bond acceptors (Lipinski definition) is 2. The van der Waals surface area contributed by atoms with E-state index >= 15 is 0 Å². The maximum atomic E-state index is 8.69. The molecule has 15 heavy (non-hydrogen) atoms. The molecule has 2 nitrogen and oxygen atoms in total. The number of rotatable bonds is 5. The molecule has 0 atom stereocenters. The molecule has 0 radical (unpaired) electrons. The molecule has 0 spiro atoms. The second kappa shape index (κ2) is 5.76. The first-order chi connectivity index (χ1) is 7.19. The van der Waals surface area contributed by atoms with Crippen LogP contribution in [0, 0.1) is 13.8 Å². The topological polar surface area (TPSA) is 29.5 Å². The molecule has 0 amide bonds. The fourth-order valence-corrected chi connectivity index (χ4v) is 1.71. The van der Waals surface area contributed by atoms with E-state index in [1.54, 1.807) is 0 Å². The minimum Gasteiger partial charge on any atom is -0.493 e. The molecule has 0 saturated carbocycles. The number of aryl methyl sites for hydroxylation is 3. The van der Waals surface area contributed by atoms with Gasteiger partial charge < -0.3 is 9.84 Å². The van der Waals surface area contributed by atoms with Gasteiger partial charge in [0.15, 0.2) is 0 Å². The Labute approximate surface area is 91.9 Å². The van der Waals surface area contributed by atoms with Crippen LogP contribution in [0.3, 0.4) is 0 Å². The summed E-state index contributed by atoms with van der Waals surface area (Å²) in [5.41, 5.74) is 3.72. The third-order valence-electron chi connectivity index (χ3n) is 2.48. The van der Waals surface area contributed by atoms with Crippen molar-refractivity contribution in [2.75, 3.05) is 13.2 Å². The van der Waals surface area contributed by atoms with Crippen molar-refractivity contribution in [3.63, 3.8) is 0 Å². The van der Waals surface area contributed by atoms with E-state index in [0.29, 0.717) is 13.0 Å². The predicted octanol–water partition coefficient (Wildman–Crippen LogP) is 2.63. The summed E-state index contributed by atoms with van der Waals surface area (Å²) in [7, 11) is 0. The van der Waals surface area contributed by atoms with E-state index in [0.717, 1.165) is 12.2 Å². The van der Waals surface area contributed by atoms with Crippen LogP contribution in [0.4, 0.5) is 0 Å². The van der Waals surface area contributed by atoms with Crippen LogP contribution in [-0.4, -0.2) is 18.3 Å². The zero-order valence-electron chi connectivity index (χ0n) is 9.84. The molecule has 84 valence electrons. The molecule has 1 aromatic carbocycles. The van der Waals surface area contributed by atoms with E-state index in [-0.39, 0.29) is 6.61 Å². The first-order valence-corrected chi connectivity index (χ1v) is 5.52. The molecule has 0 aliphatic rings. The summed E-state index contributed by atoms with van der Waals surface area (Å²) < 4.78 is 5.65. The smallest absolute Gasteiger partial charge is 0.125 e. The second-order valence-electron chi connectivity index (χ2n) is 3.84. The average Bonchev–Trinajstić information content (AvgIpc) is 2.22. The van der Waals surface area contributed by atoms with Gasteiger partial charge in [0.1, 0.15) is 5.75 Å². The summed E-state index contributed by atoms with van der Waals surface area (Å²) in [6.07, 6.45) is 1.74. The van der Waals surface area contributed by atoms with Crippen molar-refractivity contribution in [3.05, 3.63) is 28.8 Å². The molecule has 0 unspecified atom stereocenters. The normalized spacial score (nSPS) is 10.4. The van der Waals surface area contributed by atoms with Crippen molar-refractivity contribution in [3.8, 4) is 5.75 Å². The van der Waals surface area contributed by atoms with Crippen LogP contribution < -0.4 is 4.74 Å². The Balaban J connectivity index is 2.79. The molecule has 0 fully saturated rings. The summed E-state index contributed by atoms with van der Waals surface area (Å²) in [5, 5.41) is 8.69. The summed E-state index contributed by atoms with van der Waals surface area (Å²) in [4.78, 5) is 0. The van der Waals surface area contributed by atoms with Gasteiger partial charge in [0.05, 0.1) is 6.61 Å². The van der Waals surface area contributed by atoms with Gasteiger partial charge in [-0.3, -0.25) is 0 Å². The Hall–Kier alpha value is -1.02. The van der Waals surface area contributed by atoms with Gasteiger partial charge in [0.2, 0.25) is 0 Å². The first-order valence-electron chi connectivity index (χ1n) is 5.52.